The monoisotopic (exact) mass is 374 g/mol. The van der Waals surface area contributed by atoms with Gasteiger partial charge in [-0.25, -0.2) is 0 Å². The minimum atomic E-state index is 0. The summed E-state index contributed by atoms with van der Waals surface area (Å²) >= 11 is 0. The first-order chi connectivity index (χ1) is 9.45. The second kappa shape index (κ2) is 7.10. The number of hydrogen-bond acceptors (Lipinski definition) is 0. The van der Waals surface area contributed by atoms with Crippen molar-refractivity contribution in [3.8, 4) is 17.2 Å². The average Bonchev–Trinajstić information content (AvgIpc) is 2.51. The zero-order valence-corrected chi connectivity index (χ0v) is 13.1. The van der Waals surface area contributed by atoms with E-state index in [1.807, 2.05) is 54.6 Å². The highest BCUT2D eigenvalue weighted by Crippen LogP contribution is 2.38. The third kappa shape index (κ3) is 3.20. The largest absolute Gasteiger partial charge is 1.00 e. The molecule has 0 aromatic heterocycles. The maximum absolute atomic E-state index is 3.22. The summed E-state index contributed by atoms with van der Waals surface area (Å²) in [4.78, 5) is 0. The van der Waals surface area contributed by atoms with Crippen LogP contribution in [0, 0.1) is 0 Å². The normalized spacial score (nSPS) is 9.60. The third-order valence-electron chi connectivity index (χ3n) is 2.94. The van der Waals surface area contributed by atoms with E-state index >= 15 is 0 Å². The molecule has 3 aromatic rings. The summed E-state index contributed by atoms with van der Waals surface area (Å²) in [6.45, 7) is 0. The predicted molar refractivity (Wildman–Crippen MR) is 78.8 cm³/mol. The van der Waals surface area contributed by atoms with Gasteiger partial charge in [0, 0.05) is 36.4 Å². The Kier molecular flexibility index (Phi) is 5.18. The Morgan fingerprint density at radius 2 is 0.650 bits per heavy atom. The molecule has 0 radical (unpaired) electrons. The highest BCUT2D eigenvalue weighted by atomic mass is 127. The standard InChI is InChI=1S/C18H15O.HI/c1-4-10-16(11-5-1)19(17-12-6-2-7-13-17)18-14-8-3-9-15-18;/h1-15H;1H/q+1;/p-1. The Morgan fingerprint density at radius 1 is 0.400 bits per heavy atom. The Labute approximate surface area is 136 Å². The minimum absolute atomic E-state index is 0. The molecule has 0 aliphatic heterocycles. The Bertz CT molecular complexity index is 529. The molecule has 0 bridgehead atoms. The topological polar surface area (TPSA) is 2.70 Å². The summed E-state index contributed by atoms with van der Waals surface area (Å²) in [6.07, 6.45) is 0. The van der Waals surface area contributed by atoms with Crippen LogP contribution in [0.2, 0.25) is 0 Å². The maximum atomic E-state index is 3.22. The van der Waals surface area contributed by atoms with Gasteiger partial charge in [-0.2, -0.15) is 0 Å². The molecule has 0 saturated heterocycles. The summed E-state index contributed by atoms with van der Waals surface area (Å²) in [5, 5.41) is 0. The van der Waals surface area contributed by atoms with Crippen LogP contribution >= 0.6 is 0 Å². The van der Waals surface area contributed by atoms with Crippen LogP contribution in [0.25, 0.3) is 0 Å². The van der Waals surface area contributed by atoms with Crippen molar-refractivity contribution in [3.05, 3.63) is 91.0 Å². The molecule has 100 valence electrons. The van der Waals surface area contributed by atoms with Gasteiger partial charge < -0.3 is 28.3 Å². The molecule has 0 unspecified atom stereocenters. The highest BCUT2D eigenvalue weighted by molar-refractivity contribution is 5.42. The first-order valence-corrected chi connectivity index (χ1v) is 6.34. The molecule has 1 nitrogen and oxygen atoms in total. The van der Waals surface area contributed by atoms with E-state index in [-0.39, 0.29) is 24.0 Å². The Hall–Kier alpha value is -1.81. The summed E-state index contributed by atoms with van der Waals surface area (Å²) < 4.78 is 3.22. The lowest BCUT2D eigenvalue weighted by atomic mass is 10.3. The lowest BCUT2D eigenvalue weighted by Crippen LogP contribution is -3.00. The van der Waals surface area contributed by atoms with E-state index in [4.69, 9.17) is 0 Å². The molecule has 0 fully saturated rings. The SMILES string of the molecule is [I-].c1ccc([O+](c2ccccc2)c2ccccc2)cc1. The molecule has 0 aliphatic rings. The van der Waals surface area contributed by atoms with Crippen LogP contribution in [-0.2, 0) is 0 Å². The Morgan fingerprint density at radius 3 is 0.900 bits per heavy atom. The van der Waals surface area contributed by atoms with Gasteiger partial charge in [0.05, 0.1) is 0 Å². The van der Waals surface area contributed by atoms with Crippen molar-refractivity contribution >= 4 is 0 Å². The van der Waals surface area contributed by atoms with Gasteiger partial charge in [0.1, 0.15) is 0 Å². The van der Waals surface area contributed by atoms with E-state index in [1.54, 1.807) is 0 Å². The number of halogens is 1. The van der Waals surface area contributed by atoms with Crippen molar-refractivity contribution in [1.82, 2.24) is 0 Å². The molecule has 0 saturated carbocycles. The number of para-hydroxylation sites is 3. The van der Waals surface area contributed by atoms with Gasteiger partial charge in [0.15, 0.2) is 0 Å². The molecule has 3 rings (SSSR count). The molecule has 0 amide bonds. The van der Waals surface area contributed by atoms with Crippen LogP contribution in [-0.4, -0.2) is 0 Å². The smallest absolute Gasteiger partial charge is 0.267 e. The molecule has 0 atom stereocenters. The van der Waals surface area contributed by atoms with Crippen LogP contribution in [0.1, 0.15) is 0 Å². The van der Waals surface area contributed by atoms with E-state index < -0.39 is 0 Å². The molecule has 2 heteroatoms. The summed E-state index contributed by atoms with van der Waals surface area (Å²) in [7, 11) is 0. The van der Waals surface area contributed by atoms with Gasteiger partial charge >= 0.3 is 0 Å². The molecule has 0 heterocycles. The predicted octanol–water partition coefficient (Wildman–Crippen LogP) is 2.43. The van der Waals surface area contributed by atoms with Crippen LogP contribution < -0.4 is 28.3 Å². The quantitative estimate of drug-likeness (QED) is 0.489. The summed E-state index contributed by atoms with van der Waals surface area (Å²) in [6, 6.07) is 30.9. The second-order valence-electron chi connectivity index (χ2n) is 4.25. The fourth-order valence-electron chi connectivity index (χ4n) is 2.08. The second-order valence-corrected chi connectivity index (χ2v) is 4.25. The summed E-state index contributed by atoms with van der Waals surface area (Å²) in [5.74, 6) is 3.25. The molecule has 20 heavy (non-hydrogen) atoms. The van der Waals surface area contributed by atoms with E-state index in [0.29, 0.717) is 0 Å². The number of hydrogen-bond donors (Lipinski definition) is 0. The maximum Gasteiger partial charge on any atom is 0.267 e. The minimum Gasteiger partial charge on any atom is -1.00 e. The zero-order valence-electron chi connectivity index (χ0n) is 10.9. The van der Waals surface area contributed by atoms with Gasteiger partial charge in [-0.1, -0.05) is 54.6 Å². The molecule has 0 spiro atoms. The molecular weight excluding hydrogens is 359 g/mol. The van der Waals surface area contributed by atoms with Gasteiger partial charge in [-0.05, 0) is 0 Å². The van der Waals surface area contributed by atoms with E-state index in [1.165, 1.54) is 0 Å². The Balaban J connectivity index is 0.00000147. The van der Waals surface area contributed by atoms with Crippen molar-refractivity contribution in [2.24, 2.45) is 0 Å². The van der Waals surface area contributed by atoms with Crippen LogP contribution in [0.5, 0.6) is 17.2 Å². The van der Waals surface area contributed by atoms with Crippen molar-refractivity contribution < 1.29 is 28.3 Å². The van der Waals surface area contributed by atoms with Crippen molar-refractivity contribution in [3.63, 3.8) is 0 Å². The van der Waals surface area contributed by atoms with Gasteiger partial charge in [-0.15, -0.1) is 0 Å². The first kappa shape index (κ1) is 14.6. The van der Waals surface area contributed by atoms with Crippen molar-refractivity contribution in [2.45, 2.75) is 0 Å². The first-order valence-electron chi connectivity index (χ1n) is 6.34. The van der Waals surface area contributed by atoms with Crippen LogP contribution in [0.3, 0.4) is 0 Å². The average molecular weight is 374 g/mol. The zero-order chi connectivity index (χ0) is 12.9. The van der Waals surface area contributed by atoms with Crippen LogP contribution in [0.4, 0.5) is 0 Å². The van der Waals surface area contributed by atoms with Gasteiger partial charge in [0.25, 0.3) is 17.2 Å². The number of benzene rings is 3. The molecule has 0 aliphatic carbocycles. The van der Waals surface area contributed by atoms with Crippen molar-refractivity contribution in [2.75, 3.05) is 0 Å². The van der Waals surface area contributed by atoms with Crippen molar-refractivity contribution in [1.29, 1.82) is 0 Å². The lowest BCUT2D eigenvalue weighted by Gasteiger charge is -2.21. The fraction of sp³-hybridized carbons (Fsp3) is 0. The molecular formula is C18H15IO. The lowest BCUT2D eigenvalue weighted by molar-refractivity contribution is -0.00000431. The highest BCUT2D eigenvalue weighted by Gasteiger charge is 2.18. The number of rotatable bonds is 3. The molecule has 0 N–H and O–H groups in total. The van der Waals surface area contributed by atoms with E-state index in [0.717, 1.165) is 17.2 Å². The fourth-order valence-corrected chi connectivity index (χ4v) is 2.08. The summed E-state index contributed by atoms with van der Waals surface area (Å²) in [5.41, 5.74) is 0. The van der Waals surface area contributed by atoms with Gasteiger partial charge in [-0.3, -0.25) is 0 Å². The van der Waals surface area contributed by atoms with Crippen LogP contribution in [0.15, 0.2) is 91.0 Å². The third-order valence-corrected chi connectivity index (χ3v) is 2.94. The molecule has 3 aromatic carbocycles. The van der Waals surface area contributed by atoms with Gasteiger partial charge in [0.2, 0.25) is 0 Å². The van der Waals surface area contributed by atoms with E-state index in [9.17, 15) is 0 Å². The van der Waals surface area contributed by atoms with E-state index in [2.05, 4.69) is 40.8 Å².